The second-order valence-electron chi connectivity index (χ2n) is 7.81. The molecule has 3 rings (SSSR count). The SMILES string of the molecule is COC(=O)CCC1CN(Cc2ccccc2)CCC1N1CCCC1.O=C(O)C(=O)O. The normalized spacial score (nSPS) is 22.0. The molecule has 0 amide bonds. The first kappa shape index (κ1) is 23.8. The Morgan fingerprint density at radius 2 is 1.67 bits per heavy atom. The highest BCUT2D eigenvalue weighted by Gasteiger charge is 2.34. The van der Waals surface area contributed by atoms with Crippen molar-refractivity contribution in [2.75, 3.05) is 33.3 Å². The summed E-state index contributed by atoms with van der Waals surface area (Å²) < 4.78 is 4.86. The number of ether oxygens (including phenoxy) is 1. The van der Waals surface area contributed by atoms with Crippen molar-refractivity contribution < 1.29 is 29.3 Å². The number of carboxylic acid groups (broad SMARTS) is 2. The van der Waals surface area contributed by atoms with Crippen molar-refractivity contribution in [2.24, 2.45) is 5.92 Å². The van der Waals surface area contributed by atoms with Crippen molar-refractivity contribution in [2.45, 2.75) is 44.7 Å². The molecule has 0 aromatic heterocycles. The van der Waals surface area contributed by atoms with Gasteiger partial charge in [-0.15, -0.1) is 0 Å². The van der Waals surface area contributed by atoms with E-state index < -0.39 is 11.9 Å². The molecule has 2 fully saturated rings. The molecule has 0 bridgehead atoms. The van der Waals surface area contributed by atoms with Crippen LogP contribution in [0.25, 0.3) is 0 Å². The maximum absolute atomic E-state index is 11.6. The monoisotopic (exact) mass is 420 g/mol. The van der Waals surface area contributed by atoms with Gasteiger partial charge in [0.1, 0.15) is 0 Å². The first-order valence-corrected chi connectivity index (χ1v) is 10.4. The molecule has 2 unspecified atom stereocenters. The summed E-state index contributed by atoms with van der Waals surface area (Å²) in [4.78, 5) is 35.0. The molecule has 0 aliphatic carbocycles. The zero-order chi connectivity index (χ0) is 21.9. The van der Waals surface area contributed by atoms with Crippen LogP contribution in [-0.4, -0.2) is 77.3 Å². The van der Waals surface area contributed by atoms with E-state index in [2.05, 4.69) is 40.1 Å². The van der Waals surface area contributed by atoms with E-state index in [-0.39, 0.29) is 5.97 Å². The van der Waals surface area contributed by atoms with Crippen LogP contribution >= 0.6 is 0 Å². The Bertz CT molecular complexity index is 678. The number of hydrogen-bond acceptors (Lipinski definition) is 6. The highest BCUT2D eigenvalue weighted by atomic mass is 16.5. The molecule has 0 radical (unpaired) electrons. The number of benzene rings is 1. The number of aliphatic carboxylic acids is 2. The predicted octanol–water partition coefficient (Wildman–Crippen LogP) is 2.08. The fourth-order valence-electron chi connectivity index (χ4n) is 4.32. The van der Waals surface area contributed by atoms with E-state index in [1.54, 1.807) is 0 Å². The lowest BCUT2D eigenvalue weighted by Gasteiger charge is -2.43. The maximum atomic E-state index is 11.6. The fraction of sp³-hybridized carbons (Fsp3) is 0.591. The van der Waals surface area contributed by atoms with Gasteiger partial charge in [-0.25, -0.2) is 9.59 Å². The zero-order valence-electron chi connectivity index (χ0n) is 17.5. The summed E-state index contributed by atoms with van der Waals surface area (Å²) in [7, 11) is 1.49. The Labute approximate surface area is 177 Å². The third kappa shape index (κ3) is 7.76. The average molecular weight is 421 g/mol. The summed E-state index contributed by atoms with van der Waals surface area (Å²) >= 11 is 0. The first-order valence-electron chi connectivity index (χ1n) is 10.4. The van der Waals surface area contributed by atoms with Gasteiger partial charge >= 0.3 is 17.9 Å². The van der Waals surface area contributed by atoms with Gasteiger partial charge in [0.25, 0.3) is 0 Å². The number of carboxylic acids is 2. The predicted molar refractivity (Wildman–Crippen MR) is 111 cm³/mol. The lowest BCUT2D eigenvalue weighted by molar-refractivity contribution is -0.159. The van der Waals surface area contributed by atoms with Gasteiger partial charge in [-0.05, 0) is 56.8 Å². The number of methoxy groups -OCH3 is 1. The number of carbonyl (C=O) groups excluding carboxylic acids is 1. The molecule has 1 aromatic rings. The summed E-state index contributed by atoms with van der Waals surface area (Å²) in [5.41, 5.74) is 1.38. The number of rotatable bonds is 6. The number of esters is 1. The molecule has 0 spiro atoms. The van der Waals surface area contributed by atoms with E-state index in [9.17, 15) is 4.79 Å². The van der Waals surface area contributed by atoms with Crippen LogP contribution in [0, 0.1) is 5.92 Å². The summed E-state index contributed by atoms with van der Waals surface area (Å²) in [6, 6.07) is 11.3. The molecule has 2 atom stereocenters. The van der Waals surface area contributed by atoms with Gasteiger partial charge in [-0.1, -0.05) is 30.3 Å². The number of hydrogen-bond donors (Lipinski definition) is 2. The van der Waals surface area contributed by atoms with Gasteiger partial charge < -0.3 is 19.8 Å². The van der Waals surface area contributed by atoms with Gasteiger partial charge in [0, 0.05) is 25.6 Å². The second-order valence-corrected chi connectivity index (χ2v) is 7.81. The van der Waals surface area contributed by atoms with E-state index in [1.165, 1.54) is 45.0 Å². The third-order valence-corrected chi connectivity index (χ3v) is 5.77. The van der Waals surface area contributed by atoms with Gasteiger partial charge in [0.05, 0.1) is 7.11 Å². The number of likely N-dealkylation sites (tertiary alicyclic amines) is 2. The highest BCUT2D eigenvalue weighted by Crippen LogP contribution is 2.29. The summed E-state index contributed by atoms with van der Waals surface area (Å²) in [6.07, 6.45) is 5.37. The van der Waals surface area contributed by atoms with Crippen LogP contribution in [0.4, 0.5) is 0 Å². The van der Waals surface area contributed by atoms with Crippen molar-refractivity contribution in [3.63, 3.8) is 0 Å². The van der Waals surface area contributed by atoms with E-state index in [1.807, 2.05) is 0 Å². The van der Waals surface area contributed by atoms with Crippen molar-refractivity contribution in [3.8, 4) is 0 Å². The smallest absolute Gasteiger partial charge is 0.414 e. The van der Waals surface area contributed by atoms with Gasteiger partial charge in [-0.2, -0.15) is 0 Å². The Hall–Kier alpha value is -2.45. The Balaban J connectivity index is 0.000000469. The molecule has 30 heavy (non-hydrogen) atoms. The topological polar surface area (TPSA) is 107 Å². The lowest BCUT2D eigenvalue weighted by Crippen LogP contribution is -2.50. The molecule has 2 aliphatic rings. The standard InChI is InChI=1S/C20H30N2O2.C2H2O4/c1-24-20(23)10-9-18-16-21(15-17-7-3-2-4-8-17)14-11-19(18)22-12-5-6-13-22;3-1(4)2(5)6/h2-4,7-8,18-19H,5-6,9-16H2,1H3;(H,3,4)(H,5,6). The van der Waals surface area contributed by atoms with Crippen LogP contribution in [0.2, 0.25) is 0 Å². The van der Waals surface area contributed by atoms with Gasteiger partial charge in [0.2, 0.25) is 0 Å². The van der Waals surface area contributed by atoms with Crippen LogP contribution in [0.5, 0.6) is 0 Å². The molecule has 2 aliphatic heterocycles. The molecular formula is C22H32N2O6. The summed E-state index contributed by atoms with van der Waals surface area (Å²) in [5, 5.41) is 14.8. The molecule has 2 heterocycles. The lowest BCUT2D eigenvalue weighted by atomic mass is 9.87. The molecule has 166 valence electrons. The van der Waals surface area contributed by atoms with E-state index in [4.69, 9.17) is 24.5 Å². The van der Waals surface area contributed by atoms with Crippen LogP contribution < -0.4 is 0 Å². The minimum atomic E-state index is -1.82. The molecular weight excluding hydrogens is 388 g/mol. The quantitative estimate of drug-likeness (QED) is 0.532. The number of piperidine rings is 1. The average Bonchev–Trinajstić information content (AvgIpc) is 3.28. The Kier molecular flexibility index (Phi) is 9.76. The Morgan fingerprint density at radius 1 is 1.03 bits per heavy atom. The summed E-state index contributed by atoms with van der Waals surface area (Å²) in [5.74, 6) is -3.15. The van der Waals surface area contributed by atoms with Crippen molar-refractivity contribution in [1.29, 1.82) is 0 Å². The van der Waals surface area contributed by atoms with Crippen LogP contribution in [0.1, 0.15) is 37.7 Å². The van der Waals surface area contributed by atoms with Crippen LogP contribution in [0.3, 0.4) is 0 Å². The summed E-state index contributed by atoms with van der Waals surface area (Å²) in [6.45, 7) is 5.73. The minimum Gasteiger partial charge on any atom is -0.473 e. The molecule has 0 saturated carbocycles. The van der Waals surface area contributed by atoms with Crippen LogP contribution in [-0.2, 0) is 25.7 Å². The zero-order valence-corrected chi connectivity index (χ0v) is 17.5. The van der Waals surface area contributed by atoms with E-state index in [0.717, 1.165) is 26.1 Å². The van der Waals surface area contributed by atoms with E-state index in [0.29, 0.717) is 18.4 Å². The molecule has 8 heteroatoms. The maximum Gasteiger partial charge on any atom is 0.414 e. The fourth-order valence-corrected chi connectivity index (χ4v) is 4.32. The minimum absolute atomic E-state index is 0.0737. The Morgan fingerprint density at radius 3 is 2.23 bits per heavy atom. The molecule has 2 saturated heterocycles. The third-order valence-electron chi connectivity index (χ3n) is 5.77. The first-order chi connectivity index (χ1) is 14.4. The van der Waals surface area contributed by atoms with Crippen LogP contribution in [0.15, 0.2) is 30.3 Å². The highest BCUT2D eigenvalue weighted by molar-refractivity contribution is 6.27. The largest absolute Gasteiger partial charge is 0.473 e. The van der Waals surface area contributed by atoms with Crippen molar-refractivity contribution in [1.82, 2.24) is 9.80 Å². The van der Waals surface area contributed by atoms with Gasteiger partial charge in [-0.3, -0.25) is 9.69 Å². The second kappa shape index (κ2) is 12.3. The number of carbonyl (C=O) groups is 3. The molecule has 1 aromatic carbocycles. The molecule has 8 nitrogen and oxygen atoms in total. The van der Waals surface area contributed by atoms with Crippen molar-refractivity contribution >= 4 is 17.9 Å². The molecule has 2 N–H and O–H groups in total. The van der Waals surface area contributed by atoms with Crippen molar-refractivity contribution in [3.05, 3.63) is 35.9 Å². The van der Waals surface area contributed by atoms with Gasteiger partial charge in [0.15, 0.2) is 0 Å². The number of nitrogens with zero attached hydrogens (tertiary/aromatic N) is 2. The van der Waals surface area contributed by atoms with E-state index >= 15 is 0 Å².